The van der Waals surface area contributed by atoms with Gasteiger partial charge in [-0.1, -0.05) is 61.8 Å². The highest BCUT2D eigenvalue weighted by Gasteiger charge is 1.91. The van der Waals surface area contributed by atoms with Gasteiger partial charge in [0.25, 0.3) is 0 Å². The molecule has 0 heterocycles. The molecule has 0 heteroatoms. The Bertz CT molecular complexity index is 296. The molecule has 0 spiro atoms. The van der Waals surface area contributed by atoms with Crippen LogP contribution in [0, 0.1) is 0 Å². The van der Waals surface area contributed by atoms with Gasteiger partial charge < -0.3 is 0 Å². The molecule has 0 aromatic carbocycles. The zero-order valence-corrected chi connectivity index (χ0v) is 9.03. The van der Waals surface area contributed by atoms with Crippen molar-refractivity contribution in [3.05, 3.63) is 72.9 Å². The van der Waals surface area contributed by atoms with E-state index in [2.05, 4.69) is 13.2 Å². The van der Waals surface area contributed by atoms with Gasteiger partial charge in [-0.25, -0.2) is 0 Å². The maximum Gasteiger partial charge on any atom is -0.0233 e. The highest BCUT2D eigenvalue weighted by atomic mass is 14.0. The minimum atomic E-state index is 1.00. The van der Waals surface area contributed by atoms with Crippen molar-refractivity contribution in [1.82, 2.24) is 0 Å². The molecule has 74 valence electrons. The Morgan fingerprint density at radius 1 is 1.00 bits per heavy atom. The fourth-order valence-corrected chi connectivity index (χ4v) is 0.939. The monoisotopic (exact) mass is 186 g/mol. The molecule has 0 aliphatic heterocycles. The van der Waals surface area contributed by atoms with E-state index < -0.39 is 0 Å². The number of allylic oxidation sites excluding steroid dienone is 10. The first kappa shape index (κ1) is 12.4. The topological polar surface area (TPSA) is 0 Å². The zero-order valence-electron chi connectivity index (χ0n) is 9.03. The minimum Gasteiger partial charge on any atom is -0.0991 e. The molecule has 0 aliphatic carbocycles. The van der Waals surface area contributed by atoms with Gasteiger partial charge in [0.1, 0.15) is 0 Å². The highest BCUT2D eigenvalue weighted by molar-refractivity contribution is 5.45. The molecule has 0 atom stereocenters. The summed E-state index contributed by atoms with van der Waals surface area (Å²) in [6.07, 6.45) is 15.6. The molecule has 0 unspecified atom stereocenters. The second-order valence-corrected chi connectivity index (χ2v) is 2.75. The van der Waals surface area contributed by atoms with Crippen molar-refractivity contribution in [3.63, 3.8) is 0 Å². The Balaban J connectivity index is 4.49. The van der Waals surface area contributed by atoms with E-state index in [0.717, 1.165) is 11.1 Å². The quantitative estimate of drug-likeness (QED) is 0.559. The highest BCUT2D eigenvalue weighted by Crippen LogP contribution is 2.10. The van der Waals surface area contributed by atoms with Crippen LogP contribution in [0.2, 0.25) is 0 Å². The SMILES string of the molecule is C=C/C=C\C(=C/C)C(=C)/C=C\C=C/C. The van der Waals surface area contributed by atoms with E-state index in [0.29, 0.717) is 0 Å². The Labute approximate surface area is 87.3 Å². The molecule has 0 radical (unpaired) electrons. The summed E-state index contributed by atoms with van der Waals surface area (Å²) in [5.41, 5.74) is 2.12. The Morgan fingerprint density at radius 2 is 1.71 bits per heavy atom. The van der Waals surface area contributed by atoms with E-state index >= 15 is 0 Å². The van der Waals surface area contributed by atoms with Gasteiger partial charge in [-0.15, -0.1) is 0 Å². The van der Waals surface area contributed by atoms with Crippen molar-refractivity contribution in [2.45, 2.75) is 13.8 Å². The van der Waals surface area contributed by atoms with Gasteiger partial charge in [0, 0.05) is 0 Å². The molecule has 0 amide bonds. The normalized spacial score (nSPS) is 13.1. The average molecular weight is 186 g/mol. The minimum absolute atomic E-state index is 1.00. The summed E-state index contributed by atoms with van der Waals surface area (Å²) in [6, 6.07) is 0. The van der Waals surface area contributed by atoms with Crippen LogP contribution in [-0.4, -0.2) is 0 Å². The Hall–Kier alpha value is -1.56. The van der Waals surface area contributed by atoms with Crippen molar-refractivity contribution in [3.8, 4) is 0 Å². The van der Waals surface area contributed by atoms with Crippen LogP contribution in [0.3, 0.4) is 0 Å². The van der Waals surface area contributed by atoms with Gasteiger partial charge in [-0.3, -0.25) is 0 Å². The van der Waals surface area contributed by atoms with Crippen molar-refractivity contribution in [2.24, 2.45) is 0 Å². The molecule has 0 rings (SSSR count). The largest absolute Gasteiger partial charge is 0.0991 e. The third-order valence-electron chi connectivity index (χ3n) is 1.69. The lowest BCUT2D eigenvalue weighted by molar-refractivity contribution is 1.52. The predicted molar refractivity (Wildman–Crippen MR) is 66.2 cm³/mol. The van der Waals surface area contributed by atoms with E-state index in [-0.39, 0.29) is 0 Å². The maximum absolute atomic E-state index is 3.98. The standard InChI is InChI=1S/C14H18/c1-5-8-10-11-13(4)14(7-3)12-9-6-2/h5-12H,2,4H2,1,3H3/b8-5-,11-10-,12-9-,14-7+. The van der Waals surface area contributed by atoms with Gasteiger partial charge in [0.2, 0.25) is 0 Å². The number of hydrogen-bond donors (Lipinski definition) is 0. The molecule has 0 nitrogen and oxygen atoms in total. The van der Waals surface area contributed by atoms with Crippen LogP contribution in [0.1, 0.15) is 13.8 Å². The maximum atomic E-state index is 3.98. The average Bonchev–Trinajstić information content (AvgIpc) is 2.19. The molecular formula is C14H18. The molecule has 0 N–H and O–H groups in total. The molecular weight excluding hydrogens is 168 g/mol. The van der Waals surface area contributed by atoms with E-state index in [9.17, 15) is 0 Å². The van der Waals surface area contributed by atoms with Crippen molar-refractivity contribution < 1.29 is 0 Å². The summed E-state index contributed by atoms with van der Waals surface area (Å²) in [5, 5.41) is 0. The van der Waals surface area contributed by atoms with Crippen LogP contribution < -0.4 is 0 Å². The van der Waals surface area contributed by atoms with E-state index in [1.54, 1.807) is 6.08 Å². The zero-order chi connectivity index (χ0) is 10.8. The van der Waals surface area contributed by atoms with Crippen LogP contribution in [0.5, 0.6) is 0 Å². The smallest absolute Gasteiger partial charge is 0.0233 e. The third kappa shape index (κ3) is 5.15. The second kappa shape index (κ2) is 8.06. The van der Waals surface area contributed by atoms with Crippen LogP contribution in [0.25, 0.3) is 0 Å². The lowest BCUT2D eigenvalue weighted by Gasteiger charge is -1.98. The fraction of sp³-hybridized carbons (Fsp3) is 0.143. The summed E-state index contributed by atoms with van der Waals surface area (Å²) in [6.45, 7) is 11.6. The van der Waals surface area contributed by atoms with Gasteiger partial charge in [0.15, 0.2) is 0 Å². The molecule has 0 aliphatic rings. The second-order valence-electron chi connectivity index (χ2n) is 2.75. The summed E-state index contributed by atoms with van der Waals surface area (Å²) in [4.78, 5) is 0. The summed E-state index contributed by atoms with van der Waals surface area (Å²) in [7, 11) is 0. The van der Waals surface area contributed by atoms with Crippen LogP contribution in [-0.2, 0) is 0 Å². The van der Waals surface area contributed by atoms with Crippen molar-refractivity contribution in [1.29, 1.82) is 0 Å². The first-order chi connectivity index (χ1) is 6.76. The van der Waals surface area contributed by atoms with Crippen LogP contribution in [0.15, 0.2) is 72.9 Å². The molecule has 0 aromatic rings. The lowest BCUT2D eigenvalue weighted by Crippen LogP contribution is -1.79. The van der Waals surface area contributed by atoms with Gasteiger partial charge in [-0.2, -0.15) is 0 Å². The first-order valence-corrected chi connectivity index (χ1v) is 4.70. The number of rotatable bonds is 5. The summed E-state index contributed by atoms with van der Waals surface area (Å²) >= 11 is 0. The van der Waals surface area contributed by atoms with Crippen molar-refractivity contribution in [2.75, 3.05) is 0 Å². The molecule has 0 bridgehead atoms. The van der Waals surface area contributed by atoms with Gasteiger partial charge >= 0.3 is 0 Å². The number of hydrogen-bond acceptors (Lipinski definition) is 0. The lowest BCUT2D eigenvalue weighted by atomic mass is 10.1. The fourth-order valence-electron chi connectivity index (χ4n) is 0.939. The predicted octanol–water partition coefficient (Wildman–Crippen LogP) is 4.36. The van der Waals surface area contributed by atoms with Crippen molar-refractivity contribution >= 4 is 0 Å². The van der Waals surface area contributed by atoms with Crippen LogP contribution in [0.4, 0.5) is 0 Å². The molecule has 0 saturated heterocycles. The third-order valence-corrected chi connectivity index (χ3v) is 1.69. The van der Waals surface area contributed by atoms with E-state index in [1.165, 1.54) is 0 Å². The van der Waals surface area contributed by atoms with Gasteiger partial charge in [0.05, 0.1) is 0 Å². The Morgan fingerprint density at radius 3 is 2.21 bits per heavy atom. The van der Waals surface area contributed by atoms with Crippen LogP contribution >= 0.6 is 0 Å². The molecule has 0 saturated carbocycles. The molecule has 0 fully saturated rings. The molecule has 0 aromatic heterocycles. The van der Waals surface area contributed by atoms with E-state index in [1.807, 2.05) is 56.4 Å². The van der Waals surface area contributed by atoms with Gasteiger partial charge in [-0.05, 0) is 25.0 Å². The molecule has 14 heavy (non-hydrogen) atoms. The summed E-state index contributed by atoms with van der Waals surface area (Å²) < 4.78 is 0. The first-order valence-electron chi connectivity index (χ1n) is 4.70. The Kier molecular flexibility index (Phi) is 7.16. The summed E-state index contributed by atoms with van der Waals surface area (Å²) in [5.74, 6) is 0. The van der Waals surface area contributed by atoms with E-state index in [4.69, 9.17) is 0 Å².